The Kier molecular flexibility index (Phi) is 14.4. The predicted octanol–water partition coefficient (Wildman–Crippen LogP) is 12.4. The fraction of sp³-hybridized carbons (Fsp3) is 0.0862. The number of aryl methyl sites for hydroxylation is 2. The summed E-state index contributed by atoms with van der Waals surface area (Å²) >= 11 is 5.34. The lowest BCUT2D eigenvalue weighted by Gasteiger charge is -2.25. The summed E-state index contributed by atoms with van der Waals surface area (Å²) < 4.78 is 18.8. The molecule has 79 heavy (non-hydrogen) atoms. The molecule has 0 unspecified atom stereocenters. The first-order valence-corrected chi connectivity index (χ1v) is 27.7. The number of benzene rings is 6. The van der Waals surface area contributed by atoms with E-state index in [0.717, 1.165) is 66.4 Å². The van der Waals surface area contributed by atoms with Crippen molar-refractivity contribution < 1.29 is 33.5 Å². The number of nitrogens with zero attached hydrogens (tertiary/aromatic N) is 7. The van der Waals surface area contributed by atoms with Gasteiger partial charge in [0.25, 0.3) is 17.7 Å². The molecule has 0 aliphatic rings. The van der Waals surface area contributed by atoms with Crippen LogP contribution in [0.5, 0.6) is 0 Å². The zero-order valence-electron chi connectivity index (χ0n) is 42.0. The number of aromatic nitrogens is 6. The van der Waals surface area contributed by atoms with Crippen molar-refractivity contribution in [2.45, 2.75) is 26.4 Å². The largest absolute Gasteiger partial charge is 0.476 e. The van der Waals surface area contributed by atoms with Gasteiger partial charge in [-0.05, 0) is 85.6 Å². The van der Waals surface area contributed by atoms with Gasteiger partial charge in [-0.2, -0.15) is 0 Å². The second-order valence-electron chi connectivity index (χ2n) is 18.2. The Morgan fingerprint density at radius 1 is 0.608 bits per heavy atom. The van der Waals surface area contributed by atoms with Crippen molar-refractivity contribution in [3.8, 4) is 22.5 Å². The lowest BCUT2D eigenvalue weighted by molar-refractivity contribution is -0.132. The van der Waals surface area contributed by atoms with Crippen LogP contribution in [-0.2, 0) is 11.3 Å². The van der Waals surface area contributed by atoms with Gasteiger partial charge < -0.3 is 26.0 Å². The van der Waals surface area contributed by atoms with E-state index in [-0.39, 0.29) is 40.1 Å². The lowest BCUT2D eigenvalue weighted by Crippen LogP contribution is -2.41. The maximum Gasteiger partial charge on any atom is 0.365 e. The van der Waals surface area contributed by atoms with Gasteiger partial charge in [0.15, 0.2) is 14.9 Å². The molecule has 12 rings (SSSR count). The van der Waals surface area contributed by atoms with Gasteiger partial charge in [-0.3, -0.25) is 28.0 Å². The van der Waals surface area contributed by atoms with Crippen LogP contribution < -0.4 is 16.0 Å². The third kappa shape index (κ3) is 11.0. The SMILES string of the molecule is Cc1csc2nc(-c3ccccc3C(=O)Nc3ccc4nc(C(=O)N[C@H](C(=O)N(C)Cc5ccc(F)cc5)c5ccccc5)sc4c3)cn12.Cc1csc2nc(-c3ccccc3C(=O)Nc3ccc4nc(C(=O)O)sc4c3)cn12. The molecule has 16 nitrogen and oxygen atoms in total. The highest BCUT2D eigenvalue weighted by molar-refractivity contribution is 7.20. The van der Waals surface area contributed by atoms with Crippen LogP contribution in [0.1, 0.15) is 68.9 Å². The molecule has 0 bridgehead atoms. The molecule has 0 saturated heterocycles. The Labute approximate surface area is 465 Å². The quantitative estimate of drug-likeness (QED) is 0.0859. The summed E-state index contributed by atoms with van der Waals surface area (Å²) in [6, 6.07) is 39.0. The minimum atomic E-state index is -1.06. The number of halogens is 1. The van der Waals surface area contributed by atoms with Gasteiger partial charge in [0, 0.05) is 81.8 Å². The monoisotopic (exact) mass is 1120 g/mol. The summed E-state index contributed by atoms with van der Waals surface area (Å²) in [6.45, 7) is 4.26. The van der Waals surface area contributed by atoms with E-state index in [1.807, 2.05) is 88.3 Å². The summed E-state index contributed by atoms with van der Waals surface area (Å²) in [6.07, 6.45) is 3.87. The van der Waals surface area contributed by atoms with Crippen molar-refractivity contribution in [2.24, 2.45) is 0 Å². The second-order valence-corrected chi connectivity index (χ2v) is 21.9. The number of thiazole rings is 4. The number of anilines is 2. The molecule has 1 atom stereocenters. The number of rotatable bonds is 13. The maximum absolute atomic E-state index is 13.7. The Morgan fingerprint density at radius 2 is 1.10 bits per heavy atom. The average Bonchev–Trinajstić information content (AvgIpc) is 4.41. The van der Waals surface area contributed by atoms with E-state index in [4.69, 9.17) is 10.1 Å². The molecule has 0 saturated carbocycles. The first kappa shape index (κ1) is 51.8. The molecular formula is C58H43FN10O6S4. The van der Waals surface area contributed by atoms with E-state index in [1.54, 1.807) is 115 Å². The number of hydrogen-bond acceptors (Lipinski definition) is 13. The van der Waals surface area contributed by atoms with E-state index in [1.165, 1.54) is 17.0 Å². The number of nitrogens with one attached hydrogen (secondary N) is 3. The number of hydrogen-bond donors (Lipinski definition) is 4. The lowest BCUT2D eigenvalue weighted by atomic mass is 10.0. The van der Waals surface area contributed by atoms with Crippen LogP contribution in [0.25, 0.3) is 52.9 Å². The van der Waals surface area contributed by atoms with Crippen molar-refractivity contribution in [3.63, 3.8) is 0 Å². The molecular weight excluding hydrogens is 1080 g/mol. The molecule has 12 aromatic rings. The van der Waals surface area contributed by atoms with Crippen molar-refractivity contribution in [2.75, 3.05) is 17.7 Å². The van der Waals surface area contributed by atoms with Crippen molar-refractivity contribution in [1.29, 1.82) is 0 Å². The van der Waals surface area contributed by atoms with E-state index < -0.39 is 17.9 Å². The summed E-state index contributed by atoms with van der Waals surface area (Å²) in [4.78, 5) is 86.1. The number of carboxylic acid groups (broad SMARTS) is 1. The van der Waals surface area contributed by atoms with Gasteiger partial charge in [0.2, 0.25) is 10.9 Å². The van der Waals surface area contributed by atoms with Crippen molar-refractivity contribution in [1.82, 2.24) is 39.0 Å². The van der Waals surface area contributed by atoms with Gasteiger partial charge in [0.1, 0.15) is 11.9 Å². The normalized spacial score (nSPS) is 11.6. The predicted molar refractivity (Wildman–Crippen MR) is 308 cm³/mol. The smallest absolute Gasteiger partial charge is 0.365 e. The van der Waals surface area contributed by atoms with Crippen molar-refractivity contribution in [3.05, 3.63) is 212 Å². The number of amides is 4. The summed E-state index contributed by atoms with van der Waals surface area (Å²) in [5.41, 5.74) is 9.73. The zero-order valence-corrected chi connectivity index (χ0v) is 45.3. The maximum atomic E-state index is 13.7. The van der Waals surface area contributed by atoms with Crippen LogP contribution in [0.2, 0.25) is 0 Å². The third-order valence-corrected chi connectivity index (χ3v) is 16.6. The van der Waals surface area contributed by atoms with Crippen LogP contribution in [0.3, 0.4) is 0 Å². The molecule has 0 fully saturated rings. The molecule has 0 aliphatic heterocycles. The van der Waals surface area contributed by atoms with Crippen LogP contribution in [0.4, 0.5) is 15.8 Å². The van der Waals surface area contributed by atoms with Crippen molar-refractivity contribution >= 4 is 117 Å². The summed E-state index contributed by atoms with van der Waals surface area (Å²) in [7, 11) is 1.64. The Hall–Kier alpha value is -9.28. The molecule has 392 valence electrons. The molecule has 6 aromatic carbocycles. The van der Waals surface area contributed by atoms with Gasteiger partial charge in [-0.1, -0.05) is 78.9 Å². The Morgan fingerprint density at radius 3 is 1.62 bits per heavy atom. The van der Waals surface area contributed by atoms with E-state index >= 15 is 0 Å². The van der Waals surface area contributed by atoms with Gasteiger partial charge >= 0.3 is 5.97 Å². The molecule has 6 aromatic heterocycles. The molecule has 6 heterocycles. The van der Waals surface area contributed by atoms with Crippen LogP contribution in [-0.4, -0.2) is 75.4 Å². The number of carboxylic acids is 1. The van der Waals surface area contributed by atoms with Crippen LogP contribution >= 0.6 is 45.3 Å². The summed E-state index contributed by atoms with van der Waals surface area (Å²) in [5, 5.41) is 22.1. The molecule has 4 amide bonds. The van der Waals surface area contributed by atoms with Gasteiger partial charge in [-0.15, -0.1) is 45.3 Å². The highest BCUT2D eigenvalue weighted by Gasteiger charge is 2.28. The van der Waals surface area contributed by atoms with E-state index in [0.29, 0.717) is 54.2 Å². The molecule has 0 aliphatic carbocycles. The fourth-order valence-electron chi connectivity index (χ4n) is 8.73. The van der Waals surface area contributed by atoms with E-state index in [9.17, 15) is 28.4 Å². The van der Waals surface area contributed by atoms with E-state index in [2.05, 4.69) is 30.9 Å². The van der Waals surface area contributed by atoms with Gasteiger partial charge in [-0.25, -0.2) is 29.1 Å². The fourth-order valence-corrected chi connectivity index (χ4v) is 12.2. The topological polar surface area (TPSA) is 205 Å². The molecule has 0 radical (unpaired) electrons. The molecule has 21 heteroatoms. The first-order chi connectivity index (χ1) is 38.2. The van der Waals surface area contributed by atoms with Crippen LogP contribution in [0, 0.1) is 19.7 Å². The first-order valence-electron chi connectivity index (χ1n) is 24.3. The third-order valence-electron chi connectivity index (χ3n) is 12.7. The number of aromatic carboxylic acids is 1. The highest BCUT2D eigenvalue weighted by atomic mass is 32.1. The average molecular weight is 1120 g/mol. The number of imidazole rings is 2. The van der Waals surface area contributed by atoms with Gasteiger partial charge in [0.05, 0.1) is 31.8 Å². The second kappa shape index (κ2) is 22.0. The molecule has 0 spiro atoms. The number of likely N-dealkylation sites (N-methyl/N-ethyl adjacent to an activating group) is 1. The molecule has 4 N–H and O–H groups in total. The Balaban J connectivity index is 0.000000187. The number of fused-ring (bicyclic) bond motifs is 4. The minimum Gasteiger partial charge on any atom is -0.476 e. The Bertz CT molecular complexity index is 4310. The minimum absolute atomic E-state index is 0.0221. The standard InChI is InChI=1S/C37H29FN6O3S2.C21H14N4O3S2/c1-22-21-48-37-41-30(20-44(22)37)27-10-6-7-11-28(27)33(45)39-26-16-17-29-31(18-26)49-35(40-29)34(46)42-32(24-8-4-3-5-9-24)36(47)43(2)19-23-12-14-25(38)15-13-23;1-11-10-29-21-24-16(9-25(11)21)13-4-2-3-5-14(13)18(26)22-12-6-7-15-17(8-12)30-19(23-15)20(27)28/h3-18,20-21,32H,19H2,1-2H3,(H,39,45)(H,42,46);2-10H,1H3,(H,22,26)(H,27,28)/t32-;/m0./s1. The zero-order chi connectivity index (χ0) is 54.9. The number of carbonyl (C=O) groups is 5. The summed E-state index contributed by atoms with van der Waals surface area (Å²) in [5.74, 6) is -2.82. The number of carbonyl (C=O) groups excluding carboxylic acids is 4. The highest BCUT2D eigenvalue weighted by Crippen LogP contribution is 2.32. The van der Waals surface area contributed by atoms with Crippen LogP contribution in [0.15, 0.2) is 163 Å².